The summed E-state index contributed by atoms with van der Waals surface area (Å²) in [6, 6.07) is 16.1. The number of aromatic nitrogens is 2. The fourth-order valence-corrected chi connectivity index (χ4v) is 2.82. The first-order valence-corrected chi connectivity index (χ1v) is 9.43. The first-order chi connectivity index (χ1) is 14.0. The van der Waals surface area contributed by atoms with Gasteiger partial charge in [0.15, 0.2) is 12.3 Å². The van der Waals surface area contributed by atoms with Gasteiger partial charge in [-0.2, -0.15) is 5.10 Å². The Bertz CT molecular complexity index is 1070. The van der Waals surface area contributed by atoms with Crippen molar-refractivity contribution in [2.24, 2.45) is 5.92 Å². The first kappa shape index (κ1) is 20.3. The van der Waals surface area contributed by atoms with Crippen LogP contribution in [0.1, 0.15) is 29.9 Å². The third-order valence-electron chi connectivity index (χ3n) is 4.28. The Morgan fingerprint density at radius 1 is 1.03 bits per heavy atom. The molecule has 0 aliphatic rings. The molecule has 1 amide bonds. The lowest BCUT2D eigenvalue weighted by Gasteiger charge is -2.11. The highest BCUT2D eigenvalue weighted by Gasteiger charge is 2.19. The van der Waals surface area contributed by atoms with Crippen LogP contribution in [-0.4, -0.2) is 34.8 Å². The molecule has 29 heavy (non-hydrogen) atoms. The molecule has 0 saturated carbocycles. The fraction of sp³-hybridized carbons (Fsp3) is 0.273. The van der Waals surface area contributed by atoms with Gasteiger partial charge in [-0.3, -0.25) is 9.59 Å². The number of amides is 1. The van der Waals surface area contributed by atoms with E-state index in [-0.39, 0.29) is 23.7 Å². The summed E-state index contributed by atoms with van der Waals surface area (Å²) < 4.78 is 6.39. The average molecular weight is 393 g/mol. The van der Waals surface area contributed by atoms with Crippen molar-refractivity contribution in [2.75, 3.05) is 13.2 Å². The van der Waals surface area contributed by atoms with Gasteiger partial charge in [-0.05, 0) is 17.5 Å². The fourth-order valence-electron chi connectivity index (χ4n) is 2.82. The van der Waals surface area contributed by atoms with E-state index in [0.717, 1.165) is 5.56 Å². The molecule has 3 rings (SSSR count). The predicted molar refractivity (Wildman–Crippen MR) is 110 cm³/mol. The van der Waals surface area contributed by atoms with Crippen molar-refractivity contribution in [1.29, 1.82) is 0 Å². The third kappa shape index (κ3) is 5.07. The van der Waals surface area contributed by atoms with Crippen LogP contribution in [0.2, 0.25) is 0 Å². The van der Waals surface area contributed by atoms with Gasteiger partial charge in [0.05, 0.1) is 11.9 Å². The van der Waals surface area contributed by atoms with Gasteiger partial charge in [0, 0.05) is 11.9 Å². The van der Waals surface area contributed by atoms with Gasteiger partial charge in [-0.1, -0.05) is 62.4 Å². The summed E-state index contributed by atoms with van der Waals surface area (Å²) in [7, 11) is 0. The summed E-state index contributed by atoms with van der Waals surface area (Å²) in [4.78, 5) is 37.3. The van der Waals surface area contributed by atoms with Gasteiger partial charge in [0.1, 0.15) is 0 Å². The van der Waals surface area contributed by atoms with Crippen LogP contribution in [0.4, 0.5) is 0 Å². The van der Waals surface area contributed by atoms with Gasteiger partial charge in [-0.25, -0.2) is 9.48 Å². The van der Waals surface area contributed by atoms with E-state index < -0.39 is 12.6 Å². The number of carbonyl (C=O) groups excluding carboxylic acids is 2. The Hall–Kier alpha value is -3.48. The highest BCUT2D eigenvalue weighted by molar-refractivity contribution is 6.02. The summed E-state index contributed by atoms with van der Waals surface area (Å²) in [5, 5.41) is 7.70. The summed E-state index contributed by atoms with van der Waals surface area (Å²) in [6.45, 7) is 4.26. The Balaban J connectivity index is 1.88. The molecular weight excluding hydrogens is 370 g/mol. The molecule has 0 unspecified atom stereocenters. The molecule has 1 aromatic heterocycles. The summed E-state index contributed by atoms with van der Waals surface area (Å²) in [5.41, 5.74) is 0.591. The van der Waals surface area contributed by atoms with E-state index in [1.54, 1.807) is 24.3 Å². The van der Waals surface area contributed by atoms with E-state index in [2.05, 4.69) is 10.4 Å². The lowest BCUT2D eigenvalue weighted by molar-refractivity contribution is -0.124. The number of rotatable bonds is 7. The number of nitrogens with zero attached hydrogens (tertiary/aromatic N) is 2. The molecule has 7 heteroatoms. The van der Waals surface area contributed by atoms with Gasteiger partial charge in [0.25, 0.3) is 11.5 Å². The molecule has 0 aliphatic carbocycles. The zero-order chi connectivity index (χ0) is 20.8. The number of benzene rings is 2. The van der Waals surface area contributed by atoms with E-state index in [1.165, 1.54) is 4.68 Å². The molecule has 0 bridgehead atoms. The molecular formula is C22H23N3O4. The topological polar surface area (TPSA) is 90.3 Å². The maximum atomic E-state index is 12.8. The lowest BCUT2D eigenvalue weighted by Crippen LogP contribution is -2.32. The van der Waals surface area contributed by atoms with Crippen LogP contribution < -0.4 is 10.9 Å². The molecule has 0 saturated heterocycles. The van der Waals surface area contributed by atoms with Crippen LogP contribution in [0.25, 0.3) is 10.8 Å². The standard InChI is InChI=1S/C22H23N3O4/c1-15(2)12-23-19(26)14-29-22(28)20-17-10-6-7-11-18(17)21(27)25(24-20)13-16-8-4-3-5-9-16/h3-11,15H,12-14H2,1-2H3,(H,23,26). The quantitative estimate of drug-likeness (QED) is 0.623. The molecule has 1 N–H and O–H groups in total. The number of carbonyl (C=O) groups is 2. The average Bonchev–Trinajstić information content (AvgIpc) is 2.73. The third-order valence-corrected chi connectivity index (χ3v) is 4.28. The number of hydrogen-bond acceptors (Lipinski definition) is 5. The molecule has 0 fully saturated rings. The summed E-state index contributed by atoms with van der Waals surface area (Å²) in [6.07, 6.45) is 0. The number of nitrogens with one attached hydrogen (secondary N) is 1. The van der Waals surface area contributed by atoms with E-state index in [4.69, 9.17) is 4.74 Å². The molecule has 3 aromatic rings. The van der Waals surface area contributed by atoms with Gasteiger partial charge in [0.2, 0.25) is 0 Å². The van der Waals surface area contributed by atoms with Gasteiger partial charge < -0.3 is 10.1 Å². The van der Waals surface area contributed by atoms with Crippen LogP contribution in [0, 0.1) is 5.92 Å². The Kier molecular flexibility index (Phi) is 6.39. The predicted octanol–water partition coefficient (Wildman–Crippen LogP) is 2.37. The second-order valence-corrected chi connectivity index (χ2v) is 7.12. The Labute approximate surface area is 168 Å². The van der Waals surface area contributed by atoms with Crippen molar-refractivity contribution >= 4 is 22.6 Å². The molecule has 0 aliphatic heterocycles. The molecule has 0 spiro atoms. The lowest BCUT2D eigenvalue weighted by atomic mass is 10.1. The van der Waals surface area contributed by atoms with Crippen LogP contribution in [-0.2, 0) is 16.1 Å². The highest BCUT2D eigenvalue weighted by atomic mass is 16.5. The monoisotopic (exact) mass is 393 g/mol. The largest absolute Gasteiger partial charge is 0.451 e. The normalized spacial score (nSPS) is 10.9. The summed E-state index contributed by atoms with van der Waals surface area (Å²) in [5.74, 6) is -0.835. The molecule has 7 nitrogen and oxygen atoms in total. The van der Waals surface area contributed by atoms with Crippen molar-refractivity contribution in [3.05, 3.63) is 76.2 Å². The summed E-state index contributed by atoms with van der Waals surface area (Å²) >= 11 is 0. The van der Waals surface area contributed by atoms with Crippen LogP contribution in [0.5, 0.6) is 0 Å². The Morgan fingerprint density at radius 3 is 2.38 bits per heavy atom. The van der Waals surface area contributed by atoms with Gasteiger partial charge in [-0.15, -0.1) is 0 Å². The van der Waals surface area contributed by atoms with Crippen molar-refractivity contribution in [1.82, 2.24) is 15.1 Å². The van der Waals surface area contributed by atoms with E-state index >= 15 is 0 Å². The molecule has 0 atom stereocenters. The smallest absolute Gasteiger partial charge is 0.359 e. The molecule has 1 heterocycles. The SMILES string of the molecule is CC(C)CNC(=O)COC(=O)c1nn(Cc2ccccc2)c(=O)c2ccccc12. The number of fused-ring (bicyclic) bond motifs is 1. The van der Waals surface area contributed by atoms with Gasteiger partial charge >= 0.3 is 5.97 Å². The van der Waals surface area contributed by atoms with Crippen molar-refractivity contribution < 1.29 is 14.3 Å². The maximum Gasteiger partial charge on any atom is 0.359 e. The van der Waals surface area contributed by atoms with E-state index in [1.807, 2.05) is 44.2 Å². The van der Waals surface area contributed by atoms with Crippen LogP contribution in [0.15, 0.2) is 59.4 Å². The maximum absolute atomic E-state index is 12.8. The minimum absolute atomic E-state index is 0.00721. The molecule has 2 aromatic carbocycles. The van der Waals surface area contributed by atoms with E-state index in [9.17, 15) is 14.4 Å². The second kappa shape index (κ2) is 9.14. The van der Waals surface area contributed by atoms with E-state index in [0.29, 0.717) is 23.2 Å². The van der Waals surface area contributed by atoms with Crippen molar-refractivity contribution in [3.63, 3.8) is 0 Å². The van der Waals surface area contributed by atoms with Crippen molar-refractivity contribution in [3.8, 4) is 0 Å². The molecule has 0 radical (unpaired) electrons. The molecule has 150 valence electrons. The minimum Gasteiger partial charge on any atom is -0.451 e. The zero-order valence-electron chi connectivity index (χ0n) is 16.4. The number of ether oxygens (including phenoxy) is 1. The van der Waals surface area contributed by atoms with Crippen LogP contribution >= 0.6 is 0 Å². The Morgan fingerprint density at radius 2 is 1.69 bits per heavy atom. The first-order valence-electron chi connectivity index (χ1n) is 9.43. The van der Waals surface area contributed by atoms with Crippen LogP contribution in [0.3, 0.4) is 0 Å². The number of hydrogen-bond donors (Lipinski definition) is 1. The van der Waals surface area contributed by atoms with Crippen molar-refractivity contribution in [2.45, 2.75) is 20.4 Å². The second-order valence-electron chi connectivity index (χ2n) is 7.12. The minimum atomic E-state index is -0.747. The highest BCUT2D eigenvalue weighted by Crippen LogP contribution is 2.15. The zero-order valence-corrected chi connectivity index (χ0v) is 16.4. The number of esters is 1.